The van der Waals surface area contributed by atoms with Crippen molar-refractivity contribution in [1.82, 2.24) is 30.0 Å². The Balaban J connectivity index is 1.55. The lowest BCUT2D eigenvalue weighted by Gasteiger charge is -2.33. The molecule has 2 N–H and O–H groups in total. The average Bonchev–Trinajstić information content (AvgIpc) is 3.34. The van der Waals surface area contributed by atoms with Gasteiger partial charge in [0.15, 0.2) is 17.5 Å². The summed E-state index contributed by atoms with van der Waals surface area (Å²) in [5, 5.41) is 10.2. The summed E-state index contributed by atoms with van der Waals surface area (Å²) >= 11 is 0. The van der Waals surface area contributed by atoms with Crippen molar-refractivity contribution in [2.45, 2.75) is 39.0 Å². The third kappa shape index (κ3) is 5.04. The number of anilines is 2. The van der Waals surface area contributed by atoms with Crippen LogP contribution in [0.5, 0.6) is 6.01 Å². The molecule has 0 radical (unpaired) electrons. The van der Waals surface area contributed by atoms with E-state index in [2.05, 4.69) is 25.5 Å². The fourth-order valence-corrected chi connectivity index (χ4v) is 4.06. The van der Waals surface area contributed by atoms with Crippen molar-refractivity contribution in [3.8, 4) is 6.01 Å². The molecule has 1 atom stereocenters. The van der Waals surface area contributed by atoms with Crippen LogP contribution in [0.2, 0.25) is 0 Å². The molecule has 4 rings (SSSR count). The Morgan fingerprint density at radius 1 is 1.29 bits per heavy atom. The van der Waals surface area contributed by atoms with Crippen molar-refractivity contribution in [2.75, 3.05) is 32.6 Å². The molecule has 0 bridgehead atoms. The highest BCUT2D eigenvalue weighted by atomic mass is 19.1. The summed E-state index contributed by atoms with van der Waals surface area (Å²) in [5.41, 5.74) is 1.66. The Hall–Kier alpha value is -3.73. The average molecular weight is 484 g/mol. The Labute approximate surface area is 203 Å². The number of halogens is 1. The smallest absolute Gasteiger partial charge is 0.411 e. The number of rotatable bonds is 8. The first-order valence-corrected chi connectivity index (χ1v) is 11.4. The van der Waals surface area contributed by atoms with E-state index < -0.39 is 23.6 Å². The van der Waals surface area contributed by atoms with Crippen LogP contribution < -0.4 is 10.1 Å². The number of nitrogens with one attached hydrogen (secondary N) is 2. The highest BCUT2D eigenvalue weighted by Crippen LogP contribution is 2.42. The number of fused-ring (bicyclic) bond motifs is 1. The summed E-state index contributed by atoms with van der Waals surface area (Å²) in [6.07, 6.45) is 0.152. The van der Waals surface area contributed by atoms with Crippen LogP contribution in [0.4, 0.5) is 20.8 Å². The van der Waals surface area contributed by atoms with Crippen molar-refractivity contribution in [2.24, 2.45) is 0 Å². The number of aromatic amines is 1. The molecule has 1 unspecified atom stereocenters. The second-order valence-corrected chi connectivity index (χ2v) is 9.02. The standard InChI is InChI=1S/C24H30FN7O3/c1-6-34-22-26-12-17(25)21(28-22)27-20-16-13-32(24(2,3)19(16)29-30-20)23(33)35-18(14-31(4)5)15-10-8-7-9-11-15/h7-12,18H,6,13-14H2,1-5H3,(H2,26,27,28,29,30). The van der Waals surface area contributed by atoms with Gasteiger partial charge in [-0.15, -0.1) is 0 Å². The van der Waals surface area contributed by atoms with Gasteiger partial charge in [-0.2, -0.15) is 10.1 Å². The molecule has 0 saturated carbocycles. The molecule has 0 fully saturated rings. The van der Waals surface area contributed by atoms with Gasteiger partial charge in [-0.1, -0.05) is 30.3 Å². The van der Waals surface area contributed by atoms with E-state index in [1.807, 2.05) is 63.2 Å². The van der Waals surface area contributed by atoms with Gasteiger partial charge in [0.05, 0.1) is 30.6 Å². The van der Waals surface area contributed by atoms with Gasteiger partial charge in [-0.25, -0.2) is 14.2 Å². The number of aromatic nitrogens is 4. The topological polar surface area (TPSA) is 108 Å². The van der Waals surface area contributed by atoms with Crippen LogP contribution in [0, 0.1) is 5.82 Å². The minimum Gasteiger partial charge on any atom is -0.464 e. The summed E-state index contributed by atoms with van der Waals surface area (Å²) in [7, 11) is 3.86. The molecule has 11 heteroatoms. The number of hydrogen-bond acceptors (Lipinski definition) is 8. The van der Waals surface area contributed by atoms with Crippen LogP contribution in [-0.4, -0.2) is 63.3 Å². The predicted molar refractivity (Wildman–Crippen MR) is 128 cm³/mol. The van der Waals surface area contributed by atoms with Gasteiger partial charge in [0.25, 0.3) is 0 Å². The van der Waals surface area contributed by atoms with E-state index >= 15 is 0 Å². The zero-order valence-corrected chi connectivity index (χ0v) is 20.5. The number of carbonyl (C=O) groups excluding carboxylic acids is 1. The summed E-state index contributed by atoms with van der Waals surface area (Å²) in [4.78, 5) is 24.9. The normalized spacial score (nSPS) is 15.1. The van der Waals surface area contributed by atoms with Crippen molar-refractivity contribution in [3.05, 3.63) is 59.2 Å². The molecule has 186 valence electrons. The first-order valence-electron chi connectivity index (χ1n) is 11.4. The molecule has 3 heterocycles. The number of likely N-dealkylation sites (N-methyl/N-ethyl adjacent to an activating group) is 1. The fourth-order valence-electron chi connectivity index (χ4n) is 4.06. The number of ether oxygens (including phenoxy) is 2. The molecular formula is C24H30FN7O3. The summed E-state index contributed by atoms with van der Waals surface area (Å²) in [6, 6.07) is 9.71. The lowest BCUT2D eigenvalue weighted by Crippen LogP contribution is -2.42. The van der Waals surface area contributed by atoms with Crippen LogP contribution in [-0.2, 0) is 16.8 Å². The van der Waals surface area contributed by atoms with Gasteiger partial charge < -0.3 is 19.7 Å². The maximum Gasteiger partial charge on any atom is 0.411 e. The van der Waals surface area contributed by atoms with Crippen LogP contribution in [0.15, 0.2) is 36.5 Å². The molecule has 0 aliphatic carbocycles. The largest absolute Gasteiger partial charge is 0.464 e. The van der Waals surface area contributed by atoms with Gasteiger partial charge in [-0.05, 0) is 40.4 Å². The molecule has 0 saturated heterocycles. The number of amides is 1. The monoisotopic (exact) mass is 483 g/mol. The number of benzene rings is 1. The third-order valence-electron chi connectivity index (χ3n) is 5.87. The SMILES string of the molecule is CCOc1ncc(F)c(Nc2n[nH]c3c2CN(C(=O)OC(CN(C)C)c2ccccc2)C3(C)C)n1. The van der Waals surface area contributed by atoms with E-state index in [0.717, 1.165) is 23.0 Å². The Bertz CT molecular complexity index is 1180. The highest BCUT2D eigenvalue weighted by Gasteiger charge is 2.45. The van der Waals surface area contributed by atoms with Gasteiger partial charge in [0.2, 0.25) is 0 Å². The number of hydrogen-bond donors (Lipinski definition) is 2. The summed E-state index contributed by atoms with van der Waals surface area (Å²) < 4.78 is 25.6. The maximum atomic E-state index is 14.3. The number of nitrogens with zero attached hydrogens (tertiary/aromatic N) is 5. The molecule has 1 aliphatic heterocycles. The summed E-state index contributed by atoms with van der Waals surface area (Å²) in [6.45, 7) is 6.73. The Morgan fingerprint density at radius 3 is 2.71 bits per heavy atom. The van der Waals surface area contributed by atoms with Crippen molar-refractivity contribution in [3.63, 3.8) is 0 Å². The van der Waals surface area contributed by atoms with Gasteiger partial charge in [0, 0.05) is 12.1 Å². The zero-order chi connectivity index (χ0) is 25.2. The molecule has 1 amide bonds. The predicted octanol–water partition coefficient (Wildman–Crippen LogP) is 3.97. The second-order valence-electron chi connectivity index (χ2n) is 9.02. The Morgan fingerprint density at radius 2 is 2.03 bits per heavy atom. The molecule has 1 aliphatic rings. The molecule has 35 heavy (non-hydrogen) atoms. The van der Waals surface area contributed by atoms with Crippen molar-refractivity contribution in [1.29, 1.82) is 0 Å². The highest BCUT2D eigenvalue weighted by molar-refractivity contribution is 5.72. The van der Waals surface area contributed by atoms with Crippen LogP contribution in [0.1, 0.15) is 43.7 Å². The fraction of sp³-hybridized carbons (Fsp3) is 0.417. The van der Waals surface area contributed by atoms with E-state index in [1.54, 1.807) is 11.8 Å². The minimum absolute atomic E-state index is 0.0574. The number of H-pyrrole nitrogens is 1. The Kier molecular flexibility index (Phi) is 6.88. The van der Waals surface area contributed by atoms with Gasteiger partial charge in [0.1, 0.15) is 6.10 Å². The molecule has 2 aromatic heterocycles. The van der Waals surface area contributed by atoms with Crippen LogP contribution in [0.25, 0.3) is 0 Å². The minimum atomic E-state index is -0.723. The molecule has 1 aromatic carbocycles. The van der Waals surface area contributed by atoms with Crippen molar-refractivity contribution < 1.29 is 18.7 Å². The van der Waals surface area contributed by atoms with Gasteiger partial charge in [-0.3, -0.25) is 10.00 Å². The molecule has 0 spiro atoms. The van der Waals surface area contributed by atoms with E-state index in [1.165, 1.54) is 0 Å². The van der Waals surface area contributed by atoms with E-state index in [-0.39, 0.29) is 18.4 Å². The maximum absolute atomic E-state index is 14.3. The first-order chi connectivity index (χ1) is 16.7. The van der Waals surface area contributed by atoms with E-state index in [4.69, 9.17) is 9.47 Å². The zero-order valence-electron chi connectivity index (χ0n) is 20.5. The lowest BCUT2D eigenvalue weighted by molar-refractivity contribution is 0.0259. The van der Waals surface area contributed by atoms with Crippen LogP contribution in [0.3, 0.4) is 0 Å². The van der Waals surface area contributed by atoms with Gasteiger partial charge >= 0.3 is 12.1 Å². The van der Waals surface area contributed by atoms with E-state index in [9.17, 15) is 9.18 Å². The van der Waals surface area contributed by atoms with E-state index in [0.29, 0.717) is 19.0 Å². The molecule has 3 aromatic rings. The summed E-state index contributed by atoms with van der Waals surface area (Å²) in [5.74, 6) is -0.337. The number of carbonyl (C=O) groups is 1. The second kappa shape index (κ2) is 9.87. The quantitative estimate of drug-likeness (QED) is 0.496. The molecule has 10 nitrogen and oxygen atoms in total. The first kappa shape index (κ1) is 24.4. The van der Waals surface area contributed by atoms with Crippen molar-refractivity contribution >= 4 is 17.7 Å². The molecular weight excluding hydrogens is 453 g/mol. The van der Waals surface area contributed by atoms with Crippen LogP contribution >= 0.6 is 0 Å². The lowest BCUT2D eigenvalue weighted by atomic mass is 10.0. The third-order valence-corrected chi connectivity index (χ3v) is 5.87.